The van der Waals surface area contributed by atoms with Gasteiger partial charge in [-0.15, -0.1) is 17.3 Å². The molecule has 1 N–H and O–H groups in total. The smallest absolute Gasteiger partial charge is 0.875 e. The van der Waals surface area contributed by atoms with Crippen LogP contribution in [0.1, 0.15) is 125 Å². The van der Waals surface area contributed by atoms with Crippen LogP contribution in [0.4, 0.5) is 0 Å². The summed E-state index contributed by atoms with van der Waals surface area (Å²) in [7, 11) is 0. The third-order valence-electron chi connectivity index (χ3n) is 5.42. The molecule has 0 aliphatic rings. The standard InChI is InChI=1S/C11H22O2.2C11H20O2.CH3.Gd/c3*1-10(2,3)8(12)7-9(13)11(4,5)6;;/h7-8,12-13H,1-6H3;2*7,12H,1-6H3;1H3;/q;;;-1;+3/p-3/b9-7-;2*8-7-;;. The maximum atomic E-state index is 11.5. The molecule has 243 valence electrons. The van der Waals surface area contributed by atoms with Crippen molar-refractivity contribution in [1.82, 2.24) is 0 Å². The van der Waals surface area contributed by atoms with E-state index in [2.05, 4.69) is 0 Å². The van der Waals surface area contributed by atoms with Crippen molar-refractivity contribution in [2.24, 2.45) is 32.5 Å². The number of carbonyl (C=O) groups excluding carboxylic acids is 2. The van der Waals surface area contributed by atoms with Crippen LogP contribution in [0.15, 0.2) is 35.5 Å². The summed E-state index contributed by atoms with van der Waals surface area (Å²) >= 11 is 0. The first-order valence-electron chi connectivity index (χ1n) is 13.6. The Morgan fingerprint density at radius 1 is 0.512 bits per heavy atom. The predicted octanol–water partition coefficient (Wildman–Crippen LogP) is 5.92. The van der Waals surface area contributed by atoms with Gasteiger partial charge in [-0.3, -0.25) is 9.59 Å². The van der Waals surface area contributed by atoms with Gasteiger partial charge in [0.1, 0.15) is 0 Å². The van der Waals surface area contributed by atoms with E-state index in [0.717, 1.165) is 0 Å². The second kappa shape index (κ2) is 18.1. The zero-order chi connectivity index (χ0) is 32.6. The number of ketones is 2. The average Bonchev–Trinajstić information content (AvgIpc) is 2.64. The number of aliphatic hydroxyl groups is 1. The van der Waals surface area contributed by atoms with Crippen LogP contribution in [0.3, 0.4) is 0 Å². The zero-order valence-electron chi connectivity index (χ0n) is 29.7. The molecular weight excluding hydrogens is 662 g/mol. The van der Waals surface area contributed by atoms with Crippen molar-refractivity contribution in [2.75, 3.05) is 0 Å². The van der Waals surface area contributed by atoms with E-state index in [-0.39, 0.29) is 81.6 Å². The summed E-state index contributed by atoms with van der Waals surface area (Å²) < 4.78 is 0. The summed E-state index contributed by atoms with van der Waals surface area (Å²) in [5.74, 6) is -0.422. The van der Waals surface area contributed by atoms with Gasteiger partial charge >= 0.3 is 39.9 Å². The topological polar surface area (TPSA) is 124 Å². The number of allylic oxidation sites excluding steroid dienone is 5. The molecule has 0 spiro atoms. The van der Waals surface area contributed by atoms with Crippen LogP contribution in [-0.4, -0.2) is 22.8 Å². The summed E-state index contributed by atoms with van der Waals surface area (Å²) in [4.78, 5) is 22.9. The first kappa shape index (κ1) is 49.9. The predicted molar refractivity (Wildman–Crippen MR) is 163 cm³/mol. The van der Waals surface area contributed by atoms with Crippen LogP contribution in [-0.2, 0) is 9.59 Å². The van der Waals surface area contributed by atoms with Crippen molar-refractivity contribution in [1.29, 1.82) is 0 Å². The molecule has 0 aromatic rings. The summed E-state index contributed by atoms with van der Waals surface area (Å²) in [5, 5.41) is 44.0. The Morgan fingerprint density at radius 3 is 0.878 bits per heavy atom. The largest absolute Gasteiger partial charge is 3.00 e. The minimum absolute atomic E-state index is 0. The van der Waals surface area contributed by atoms with E-state index < -0.39 is 33.2 Å². The van der Waals surface area contributed by atoms with Gasteiger partial charge in [-0.2, -0.15) is 0 Å². The van der Waals surface area contributed by atoms with Crippen molar-refractivity contribution in [2.45, 2.75) is 131 Å². The normalized spacial score (nSPS) is 14.7. The van der Waals surface area contributed by atoms with E-state index in [9.17, 15) is 30.0 Å². The third-order valence-corrected chi connectivity index (χ3v) is 5.42. The van der Waals surface area contributed by atoms with Gasteiger partial charge in [-0.25, -0.2) is 0 Å². The van der Waals surface area contributed by atoms with Gasteiger partial charge in [0.25, 0.3) is 0 Å². The van der Waals surface area contributed by atoms with E-state index in [1.807, 2.05) is 125 Å². The molecule has 1 radical (unpaired) electrons. The van der Waals surface area contributed by atoms with Gasteiger partial charge in [-0.1, -0.05) is 131 Å². The van der Waals surface area contributed by atoms with E-state index in [4.69, 9.17) is 0 Å². The van der Waals surface area contributed by atoms with Crippen LogP contribution in [0.25, 0.3) is 0 Å². The Morgan fingerprint density at radius 2 is 0.732 bits per heavy atom. The fraction of sp³-hybridized carbons (Fsp3) is 0.735. The number of aliphatic hydroxyl groups excluding tert-OH is 1. The van der Waals surface area contributed by atoms with Gasteiger partial charge in [0.2, 0.25) is 0 Å². The van der Waals surface area contributed by atoms with Crippen molar-refractivity contribution in [3.05, 3.63) is 42.9 Å². The Kier molecular flexibility index (Phi) is 22.1. The van der Waals surface area contributed by atoms with Gasteiger partial charge in [0.15, 0.2) is 11.6 Å². The van der Waals surface area contributed by atoms with E-state index in [1.165, 1.54) is 18.2 Å². The molecule has 0 rings (SSSR count). The molecule has 0 saturated heterocycles. The average molecular weight is 724 g/mol. The SMILES string of the molecule is CC(C)(C)/C([O-])=C/C(O)C(C)(C)C.CC(C)(C)C(=O)/C=C(\[O-])C(C)(C)C.CC(C)(C)C(=O)/C=C(\[O-])C(C)(C)C.[CH3-].[Gd+3]. The molecule has 0 aromatic heterocycles. The minimum atomic E-state index is -0.667. The summed E-state index contributed by atoms with van der Waals surface area (Å²) in [6.45, 7) is 33.0. The molecule has 0 bridgehead atoms. The molecular formula is C34H62GdO6-. The van der Waals surface area contributed by atoms with Gasteiger partial charge in [0.05, 0.1) is 6.10 Å². The molecule has 41 heavy (non-hydrogen) atoms. The second-order valence-corrected chi connectivity index (χ2v) is 16.3. The van der Waals surface area contributed by atoms with Gasteiger partial charge in [0, 0.05) is 10.8 Å². The number of carbonyl (C=O) groups is 2. The number of hydrogen-bond donors (Lipinski definition) is 1. The maximum absolute atomic E-state index is 11.5. The molecule has 6 nitrogen and oxygen atoms in total. The maximum Gasteiger partial charge on any atom is 3.00 e. The van der Waals surface area contributed by atoms with Crippen molar-refractivity contribution < 1.29 is 70.0 Å². The quantitative estimate of drug-likeness (QED) is 0.219. The second-order valence-electron chi connectivity index (χ2n) is 16.3. The van der Waals surface area contributed by atoms with Crippen molar-refractivity contribution in [3.63, 3.8) is 0 Å². The summed E-state index contributed by atoms with van der Waals surface area (Å²) in [6, 6.07) is 0. The third kappa shape index (κ3) is 24.4. The summed E-state index contributed by atoms with van der Waals surface area (Å²) in [6.07, 6.45) is 3.19. The number of rotatable bonds is 3. The molecule has 0 amide bonds. The molecule has 1 unspecified atom stereocenters. The van der Waals surface area contributed by atoms with Gasteiger partial charge in [-0.05, 0) is 33.8 Å². The Balaban J connectivity index is -0.000000154. The van der Waals surface area contributed by atoms with Crippen LogP contribution in [0.5, 0.6) is 0 Å². The molecule has 1 atom stereocenters. The van der Waals surface area contributed by atoms with Crippen LogP contribution in [0.2, 0.25) is 0 Å². The van der Waals surface area contributed by atoms with Gasteiger partial charge < -0.3 is 27.9 Å². The Hall–Kier alpha value is -0.755. The first-order valence-corrected chi connectivity index (χ1v) is 13.6. The first-order chi connectivity index (χ1) is 16.6. The monoisotopic (exact) mass is 724 g/mol. The zero-order valence-corrected chi connectivity index (χ0v) is 31.9. The Bertz CT molecular complexity index is 814. The Labute approximate surface area is 285 Å². The van der Waals surface area contributed by atoms with E-state index >= 15 is 0 Å². The van der Waals surface area contributed by atoms with E-state index in [0.29, 0.717) is 0 Å². The fourth-order valence-electron chi connectivity index (χ4n) is 1.75. The molecule has 0 heterocycles. The molecule has 0 saturated carbocycles. The molecule has 0 aromatic carbocycles. The molecule has 0 aliphatic carbocycles. The minimum Gasteiger partial charge on any atom is -0.875 e. The van der Waals surface area contributed by atoms with Crippen LogP contribution in [0, 0.1) is 79.9 Å². The summed E-state index contributed by atoms with van der Waals surface area (Å²) in [5.41, 5.74) is -2.49. The van der Waals surface area contributed by atoms with E-state index in [1.54, 1.807) is 0 Å². The fourth-order valence-corrected chi connectivity index (χ4v) is 1.75. The van der Waals surface area contributed by atoms with Crippen molar-refractivity contribution >= 4 is 11.6 Å². The van der Waals surface area contributed by atoms with Crippen LogP contribution >= 0.6 is 0 Å². The van der Waals surface area contributed by atoms with Crippen LogP contribution < -0.4 is 15.3 Å². The number of hydrogen-bond acceptors (Lipinski definition) is 6. The molecule has 7 heteroatoms. The molecule has 0 aliphatic heterocycles. The van der Waals surface area contributed by atoms with Crippen molar-refractivity contribution in [3.8, 4) is 0 Å². The molecule has 0 fully saturated rings.